The number of allylic oxidation sites excluding steroid dienone is 16. The molecule has 0 spiro atoms. The Hall–Kier alpha value is -3.03. The molecule has 58 heavy (non-hydrogen) atoms. The van der Waals surface area contributed by atoms with Crippen molar-refractivity contribution in [3.05, 3.63) is 97.2 Å². The van der Waals surface area contributed by atoms with E-state index >= 15 is 0 Å². The molecule has 0 aliphatic rings. The first-order valence-corrected chi connectivity index (χ1v) is 24.0. The average molecular weight is 829 g/mol. The summed E-state index contributed by atoms with van der Waals surface area (Å²) in [5.74, 6) is -0.838. The van der Waals surface area contributed by atoms with Gasteiger partial charge >= 0.3 is 19.8 Å². The van der Waals surface area contributed by atoms with Crippen LogP contribution in [0.25, 0.3) is 0 Å². The first kappa shape index (κ1) is 55.0. The number of rotatable bonds is 40. The van der Waals surface area contributed by atoms with E-state index in [-0.39, 0.29) is 32.0 Å². The SMILES string of the molecule is CC/C=C\C/C=C\C/C=C\C/C=C\CCCCCCCCC(=O)OCC(COP(=O)(O)OCC)OC(=O)CCCCCCCC/C=C\C/C=C\C/C=C\C/C=C\CC. The topological polar surface area (TPSA) is 108 Å². The molecule has 9 heteroatoms. The van der Waals surface area contributed by atoms with Crippen molar-refractivity contribution in [2.75, 3.05) is 19.8 Å². The third-order valence-corrected chi connectivity index (χ3v) is 9.95. The van der Waals surface area contributed by atoms with Crippen LogP contribution < -0.4 is 0 Å². The van der Waals surface area contributed by atoms with Gasteiger partial charge in [0.2, 0.25) is 0 Å². The van der Waals surface area contributed by atoms with Crippen molar-refractivity contribution in [3.8, 4) is 0 Å². The van der Waals surface area contributed by atoms with Crippen LogP contribution in [-0.2, 0) is 32.7 Å². The normalized spacial score (nSPS) is 14.2. The molecule has 0 saturated heterocycles. The van der Waals surface area contributed by atoms with E-state index in [1.165, 1.54) is 6.42 Å². The van der Waals surface area contributed by atoms with Gasteiger partial charge in [0.05, 0.1) is 13.2 Å². The fourth-order valence-corrected chi connectivity index (χ4v) is 6.42. The van der Waals surface area contributed by atoms with Gasteiger partial charge in [-0.3, -0.25) is 18.6 Å². The average Bonchev–Trinajstić information content (AvgIpc) is 3.20. The summed E-state index contributed by atoms with van der Waals surface area (Å²) in [6, 6.07) is 0. The summed E-state index contributed by atoms with van der Waals surface area (Å²) in [4.78, 5) is 34.8. The Morgan fingerprint density at radius 1 is 0.466 bits per heavy atom. The lowest BCUT2D eigenvalue weighted by atomic mass is 10.1. The molecule has 0 bridgehead atoms. The molecular formula is C49H81O8P. The molecule has 0 aromatic heterocycles. The minimum absolute atomic E-state index is 0.0110. The van der Waals surface area contributed by atoms with Gasteiger partial charge in [0.15, 0.2) is 6.10 Å². The highest BCUT2D eigenvalue weighted by atomic mass is 31.2. The van der Waals surface area contributed by atoms with Gasteiger partial charge in [0.1, 0.15) is 6.61 Å². The summed E-state index contributed by atoms with van der Waals surface area (Å²) in [5.41, 5.74) is 0. The molecule has 2 atom stereocenters. The maximum atomic E-state index is 12.6. The molecule has 1 N–H and O–H groups in total. The van der Waals surface area contributed by atoms with E-state index in [4.69, 9.17) is 18.5 Å². The van der Waals surface area contributed by atoms with Crippen molar-refractivity contribution in [2.45, 2.75) is 181 Å². The Labute approximate surface area is 354 Å². The second-order valence-corrected chi connectivity index (χ2v) is 15.8. The molecule has 0 aliphatic carbocycles. The number of carbonyl (C=O) groups is 2. The van der Waals surface area contributed by atoms with E-state index in [0.717, 1.165) is 128 Å². The highest BCUT2D eigenvalue weighted by molar-refractivity contribution is 7.47. The van der Waals surface area contributed by atoms with E-state index in [0.29, 0.717) is 6.42 Å². The Balaban J connectivity index is 4.14. The Bertz CT molecular complexity index is 1260. The van der Waals surface area contributed by atoms with Gasteiger partial charge in [-0.2, -0.15) is 0 Å². The molecule has 0 aromatic rings. The van der Waals surface area contributed by atoms with Gasteiger partial charge in [0.25, 0.3) is 0 Å². The lowest BCUT2D eigenvalue weighted by Gasteiger charge is -2.19. The van der Waals surface area contributed by atoms with E-state index < -0.39 is 26.5 Å². The number of unbranched alkanes of at least 4 members (excludes halogenated alkanes) is 12. The smallest absolute Gasteiger partial charge is 0.462 e. The van der Waals surface area contributed by atoms with Crippen LogP contribution in [0.4, 0.5) is 0 Å². The summed E-state index contributed by atoms with van der Waals surface area (Å²) in [6.45, 7) is 5.20. The number of hydrogen-bond acceptors (Lipinski definition) is 7. The van der Waals surface area contributed by atoms with Crippen molar-refractivity contribution >= 4 is 19.8 Å². The van der Waals surface area contributed by atoms with Crippen molar-refractivity contribution in [3.63, 3.8) is 0 Å². The zero-order valence-electron chi connectivity index (χ0n) is 36.7. The van der Waals surface area contributed by atoms with Crippen molar-refractivity contribution in [1.29, 1.82) is 0 Å². The summed E-state index contributed by atoms with van der Waals surface area (Å²) in [6.07, 6.45) is 57.4. The van der Waals surface area contributed by atoms with Crippen molar-refractivity contribution in [2.24, 2.45) is 0 Å². The van der Waals surface area contributed by atoms with Crippen LogP contribution in [0.3, 0.4) is 0 Å². The van der Waals surface area contributed by atoms with Crippen LogP contribution in [0.15, 0.2) is 97.2 Å². The molecule has 0 amide bonds. The first-order valence-electron chi connectivity index (χ1n) is 22.5. The summed E-state index contributed by atoms with van der Waals surface area (Å²) >= 11 is 0. The standard InChI is InChI=1S/C49H81O8P/c1-4-7-9-11-13-15-17-19-21-23-25-27-29-31-33-35-37-39-41-43-48(50)54-45-47(46-56-58(52,53)55-6-3)57-49(51)44-42-40-38-36-34-32-30-28-26-24-22-20-18-16-14-12-10-8-5-2/h7-10,13-16,19-22,25-28,47H,4-6,11-12,17-18,23-24,29-46H2,1-3H3,(H,52,53)/b9-7-,10-8-,15-13-,16-14-,21-19-,22-20-,27-25-,28-26-. The predicted molar refractivity (Wildman–Crippen MR) is 244 cm³/mol. The van der Waals surface area contributed by atoms with Gasteiger partial charge in [-0.05, 0) is 96.8 Å². The molecule has 0 aromatic carbocycles. The Kier molecular flexibility index (Phi) is 41.3. The van der Waals surface area contributed by atoms with Gasteiger partial charge in [-0.15, -0.1) is 0 Å². The van der Waals surface area contributed by atoms with Gasteiger partial charge < -0.3 is 14.4 Å². The Morgan fingerprint density at radius 2 is 0.828 bits per heavy atom. The molecule has 2 unspecified atom stereocenters. The second kappa shape index (κ2) is 43.5. The molecule has 0 fully saturated rings. The zero-order valence-corrected chi connectivity index (χ0v) is 37.6. The quantitative estimate of drug-likeness (QED) is 0.0281. The molecule has 0 radical (unpaired) electrons. The fourth-order valence-electron chi connectivity index (χ4n) is 5.67. The van der Waals surface area contributed by atoms with Crippen LogP contribution in [0.1, 0.15) is 175 Å². The number of esters is 2. The first-order chi connectivity index (χ1) is 28.3. The molecule has 0 aliphatic heterocycles. The van der Waals surface area contributed by atoms with Gasteiger partial charge in [-0.25, -0.2) is 4.57 Å². The summed E-state index contributed by atoms with van der Waals surface area (Å²) in [5, 5.41) is 0. The number of phosphoric acid groups is 1. The molecule has 0 heterocycles. The monoisotopic (exact) mass is 829 g/mol. The van der Waals surface area contributed by atoms with Gasteiger partial charge in [0, 0.05) is 12.8 Å². The number of carbonyl (C=O) groups excluding carboxylic acids is 2. The summed E-state index contributed by atoms with van der Waals surface area (Å²) in [7, 11) is -4.30. The maximum Gasteiger partial charge on any atom is 0.472 e. The minimum atomic E-state index is -4.30. The Morgan fingerprint density at radius 3 is 1.24 bits per heavy atom. The number of ether oxygens (including phenoxy) is 2. The minimum Gasteiger partial charge on any atom is -0.462 e. The maximum absolute atomic E-state index is 12.6. The van der Waals surface area contributed by atoms with Crippen LogP contribution in [-0.4, -0.2) is 42.8 Å². The highest BCUT2D eigenvalue weighted by Crippen LogP contribution is 2.43. The summed E-state index contributed by atoms with van der Waals surface area (Å²) < 4.78 is 32.7. The zero-order chi connectivity index (χ0) is 42.5. The third-order valence-electron chi connectivity index (χ3n) is 8.89. The van der Waals surface area contributed by atoms with E-state index in [9.17, 15) is 19.0 Å². The van der Waals surface area contributed by atoms with Crippen molar-refractivity contribution < 1.29 is 37.6 Å². The molecular weight excluding hydrogens is 748 g/mol. The molecule has 0 saturated carbocycles. The number of hydrogen-bond donors (Lipinski definition) is 1. The van der Waals surface area contributed by atoms with E-state index in [2.05, 4.69) is 111 Å². The second-order valence-electron chi connectivity index (χ2n) is 14.3. The third kappa shape index (κ3) is 42.6. The van der Waals surface area contributed by atoms with E-state index in [1.807, 2.05) is 0 Å². The molecule has 330 valence electrons. The fraction of sp³-hybridized carbons (Fsp3) is 0.633. The van der Waals surface area contributed by atoms with E-state index in [1.54, 1.807) is 6.92 Å². The van der Waals surface area contributed by atoms with Crippen LogP contribution in [0, 0.1) is 0 Å². The molecule has 0 rings (SSSR count). The van der Waals surface area contributed by atoms with Gasteiger partial charge in [-0.1, -0.05) is 162 Å². The molecule has 8 nitrogen and oxygen atoms in total. The number of phosphoric ester groups is 1. The highest BCUT2D eigenvalue weighted by Gasteiger charge is 2.25. The lowest BCUT2D eigenvalue weighted by Crippen LogP contribution is -2.29. The van der Waals surface area contributed by atoms with Crippen LogP contribution in [0.2, 0.25) is 0 Å². The largest absolute Gasteiger partial charge is 0.472 e. The lowest BCUT2D eigenvalue weighted by molar-refractivity contribution is -0.161. The predicted octanol–water partition coefficient (Wildman–Crippen LogP) is 14.4. The van der Waals surface area contributed by atoms with Crippen molar-refractivity contribution in [1.82, 2.24) is 0 Å². The van der Waals surface area contributed by atoms with Crippen LogP contribution >= 0.6 is 7.82 Å². The van der Waals surface area contributed by atoms with Crippen LogP contribution in [0.5, 0.6) is 0 Å².